The van der Waals surface area contributed by atoms with Crippen molar-refractivity contribution in [1.29, 1.82) is 0 Å². The van der Waals surface area contributed by atoms with E-state index in [4.69, 9.17) is 0 Å². The number of aliphatic imine (C=N–C) groups is 1. The van der Waals surface area contributed by atoms with Crippen molar-refractivity contribution in [2.24, 2.45) is 16.8 Å². The topological polar surface area (TPSA) is 73.0 Å². The molecule has 0 N–H and O–H groups in total. The molecule has 2 rings (SSSR count). The van der Waals surface area contributed by atoms with Crippen LogP contribution in [-0.2, 0) is 4.79 Å². The summed E-state index contributed by atoms with van der Waals surface area (Å²) >= 11 is 0. The summed E-state index contributed by atoms with van der Waals surface area (Å²) in [7, 11) is 1.77. The van der Waals surface area contributed by atoms with Gasteiger partial charge in [-0.1, -0.05) is 20.4 Å². The number of hydrogen-bond donors (Lipinski definition) is 0. The maximum atomic E-state index is 13.3. The van der Waals surface area contributed by atoms with Crippen LogP contribution in [0.5, 0.6) is 0 Å². The van der Waals surface area contributed by atoms with Gasteiger partial charge in [0.1, 0.15) is 12.7 Å². The minimum atomic E-state index is -0.859. The Balaban J connectivity index is 2.34. The van der Waals surface area contributed by atoms with Gasteiger partial charge in [0.2, 0.25) is 0 Å². The maximum absolute atomic E-state index is 13.3. The van der Waals surface area contributed by atoms with E-state index in [1.165, 1.54) is 0 Å². The van der Waals surface area contributed by atoms with Crippen molar-refractivity contribution in [3.63, 3.8) is 0 Å². The van der Waals surface area contributed by atoms with Gasteiger partial charge in [0.25, 0.3) is 0 Å². The van der Waals surface area contributed by atoms with Crippen LogP contribution in [-0.4, -0.2) is 38.3 Å². The molecule has 0 bridgehead atoms. The molecule has 2 aromatic heterocycles. The Bertz CT molecular complexity index is 844. The van der Waals surface area contributed by atoms with Gasteiger partial charge in [-0.05, 0) is 38.7 Å². The summed E-state index contributed by atoms with van der Waals surface area (Å²) < 4.78 is 15.1. The predicted molar refractivity (Wildman–Crippen MR) is 108 cm³/mol. The summed E-state index contributed by atoms with van der Waals surface area (Å²) in [5.41, 5.74) is 3.66. The first-order valence-corrected chi connectivity index (χ1v) is 9.60. The first-order valence-electron chi connectivity index (χ1n) is 9.60. The Kier molecular flexibility index (Phi) is 7.72. The van der Waals surface area contributed by atoms with Gasteiger partial charge < -0.3 is 0 Å². The Hall–Kier alpha value is -2.70. The number of ketones is 1. The van der Waals surface area contributed by atoms with Crippen LogP contribution in [0.3, 0.4) is 0 Å². The summed E-state index contributed by atoms with van der Waals surface area (Å²) in [6, 6.07) is 1.91. The molecule has 0 saturated carbocycles. The first-order chi connectivity index (χ1) is 13.4. The van der Waals surface area contributed by atoms with Crippen molar-refractivity contribution < 1.29 is 9.18 Å². The van der Waals surface area contributed by atoms with E-state index < -0.39 is 11.6 Å². The Morgan fingerprint density at radius 2 is 1.82 bits per heavy atom. The van der Waals surface area contributed by atoms with Crippen LogP contribution in [0.2, 0.25) is 0 Å². The third-order valence-corrected chi connectivity index (χ3v) is 5.19. The van der Waals surface area contributed by atoms with Gasteiger partial charge in [-0.15, -0.1) is 10.2 Å². The largest absolute Gasteiger partial charge is 0.292 e. The number of rotatable bonds is 10. The number of allylic oxidation sites excluding steroid dienone is 1. The lowest BCUT2D eigenvalue weighted by Gasteiger charge is -2.23. The third-order valence-electron chi connectivity index (χ3n) is 5.19. The molecule has 0 aliphatic heterocycles. The van der Waals surface area contributed by atoms with Crippen LogP contribution >= 0.6 is 0 Å². The molecule has 0 aromatic carbocycles. The molecule has 0 amide bonds. The number of nitrogens with zero attached hydrogens (tertiary/aromatic N) is 5. The second-order valence-electron chi connectivity index (χ2n) is 6.83. The number of aromatic nitrogens is 4. The lowest BCUT2D eigenvalue weighted by molar-refractivity contribution is -0.120. The summed E-state index contributed by atoms with van der Waals surface area (Å²) in [6.07, 6.45) is 7.81. The Morgan fingerprint density at radius 3 is 2.36 bits per heavy atom. The zero-order chi connectivity index (χ0) is 20.7. The minimum Gasteiger partial charge on any atom is -0.292 e. The van der Waals surface area contributed by atoms with E-state index in [1.807, 2.05) is 24.5 Å². The van der Waals surface area contributed by atoms with E-state index in [-0.39, 0.29) is 11.8 Å². The van der Waals surface area contributed by atoms with Gasteiger partial charge in [-0.25, -0.2) is 4.39 Å². The van der Waals surface area contributed by atoms with Crippen LogP contribution in [0.4, 0.5) is 4.39 Å². The maximum Gasteiger partial charge on any atom is 0.193 e. The molecule has 6 nitrogen and oxygen atoms in total. The number of halogens is 1. The normalized spacial score (nSPS) is 14.0. The van der Waals surface area contributed by atoms with Gasteiger partial charge in [0, 0.05) is 42.0 Å². The fourth-order valence-corrected chi connectivity index (χ4v) is 3.59. The van der Waals surface area contributed by atoms with E-state index in [0.717, 1.165) is 35.5 Å². The van der Waals surface area contributed by atoms with E-state index in [0.29, 0.717) is 12.8 Å². The highest BCUT2D eigenvalue weighted by atomic mass is 19.1. The lowest BCUT2D eigenvalue weighted by Crippen LogP contribution is -2.22. The molecule has 0 spiro atoms. The fraction of sp³-hybridized carbons (Fsp3) is 0.476. The third kappa shape index (κ3) is 4.77. The van der Waals surface area contributed by atoms with Gasteiger partial charge in [0.05, 0.1) is 5.69 Å². The lowest BCUT2D eigenvalue weighted by atomic mass is 9.84. The molecular weight excluding hydrogens is 357 g/mol. The SMILES string of the molecule is C=C(F)C(=O)C(CC)CCC(CC)C(=NC)c1c(-n2cnnc2)ccnc1C. The van der Waals surface area contributed by atoms with Gasteiger partial charge in [-0.2, -0.15) is 0 Å². The van der Waals surface area contributed by atoms with Gasteiger partial charge in [-0.3, -0.25) is 19.3 Å². The van der Waals surface area contributed by atoms with Crippen molar-refractivity contribution in [1.82, 2.24) is 19.7 Å². The highest BCUT2D eigenvalue weighted by Gasteiger charge is 2.25. The summed E-state index contributed by atoms with van der Waals surface area (Å²) in [4.78, 5) is 21.1. The molecule has 7 heteroatoms. The summed E-state index contributed by atoms with van der Waals surface area (Å²) in [5.74, 6) is -1.58. The average molecular weight is 385 g/mol. The average Bonchev–Trinajstić information content (AvgIpc) is 3.22. The van der Waals surface area contributed by atoms with Crippen molar-refractivity contribution >= 4 is 11.5 Å². The van der Waals surface area contributed by atoms with Crippen molar-refractivity contribution in [3.8, 4) is 5.69 Å². The summed E-state index contributed by atoms with van der Waals surface area (Å²) in [6.45, 7) is 9.10. The number of pyridine rings is 1. The highest BCUT2D eigenvalue weighted by Crippen LogP contribution is 2.28. The Labute approximate surface area is 165 Å². The molecule has 2 atom stereocenters. The smallest absolute Gasteiger partial charge is 0.193 e. The van der Waals surface area contributed by atoms with Crippen molar-refractivity contribution in [2.75, 3.05) is 7.05 Å². The van der Waals surface area contributed by atoms with Crippen molar-refractivity contribution in [3.05, 3.63) is 48.6 Å². The van der Waals surface area contributed by atoms with Crippen LogP contribution in [0, 0.1) is 18.8 Å². The van der Waals surface area contributed by atoms with Gasteiger partial charge in [0.15, 0.2) is 11.6 Å². The van der Waals surface area contributed by atoms with E-state index in [1.54, 1.807) is 25.9 Å². The molecule has 0 aliphatic carbocycles. The van der Waals surface area contributed by atoms with E-state index >= 15 is 0 Å². The number of aryl methyl sites for hydroxylation is 1. The zero-order valence-electron chi connectivity index (χ0n) is 17.0. The second-order valence-corrected chi connectivity index (χ2v) is 6.83. The molecule has 150 valence electrons. The molecule has 2 unspecified atom stereocenters. The minimum absolute atomic E-state index is 0.123. The fourth-order valence-electron chi connectivity index (χ4n) is 3.59. The molecule has 0 aliphatic rings. The number of carbonyl (C=O) groups is 1. The van der Waals surface area contributed by atoms with Crippen LogP contribution < -0.4 is 0 Å². The van der Waals surface area contributed by atoms with Crippen LogP contribution in [0.15, 0.2) is 42.3 Å². The van der Waals surface area contributed by atoms with Crippen LogP contribution in [0.1, 0.15) is 50.8 Å². The van der Waals surface area contributed by atoms with E-state index in [2.05, 4.69) is 33.7 Å². The standard InChI is InChI=1S/C21H28FN5O/c1-6-16(8-9-17(7-2)21(28)14(3)22)20(23-5)19-15(4)24-11-10-18(19)27-12-25-26-13-27/h10-13,16-17H,3,6-9H2,1-2,4-5H3. The molecule has 0 fully saturated rings. The highest BCUT2D eigenvalue weighted by molar-refractivity contribution is 6.06. The Morgan fingerprint density at radius 1 is 1.21 bits per heavy atom. The second kappa shape index (κ2) is 10.0. The predicted octanol–water partition coefficient (Wildman–Crippen LogP) is 4.27. The number of Topliss-reactive ketones (excluding diaryl/α,β-unsaturated/α-hetero) is 1. The zero-order valence-corrected chi connectivity index (χ0v) is 17.0. The molecular formula is C21H28FN5O. The molecule has 0 radical (unpaired) electrons. The molecule has 0 saturated heterocycles. The molecule has 2 aromatic rings. The molecule has 28 heavy (non-hydrogen) atoms. The first kappa shape index (κ1) is 21.6. The number of hydrogen-bond acceptors (Lipinski definition) is 5. The number of carbonyl (C=O) groups excluding carboxylic acids is 1. The van der Waals surface area contributed by atoms with Gasteiger partial charge >= 0.3 is 0 Å². The monoisotopic (exact) mass is 385 g/mol. The quantitative estimate of drug-likeness (QED) is 0.452. The van der Waals surface area contributed by atoms with Crippen LogP contribution in [0.25, 0.3) is 5.69 Å². The molecule has 2 heterocycles. The van der Waals surface area contributed by atoms with Crippen molar-refractivity contribution in [2.45, 2.75) is 46.5 Å². The summed E-state index contributed by atoms with van der Waals surface area (Å²) in [5, 5.41) is 7.79. The van der Waals surface area contributed by atoms with E-state index in [9.17, 15) is 9.18 Å².